The van der Waals surface area contributed by atoms with Gasteiger partial charge in [-0.3, -0.25) is 0 Å². The second-order valence-corrected chi connectivity index (χ2v) is 4.12. The molecule has 0 spiro atoms. The molecule has 2 atom stereocenters. The number of rotatable bonds is 2. The predicted molar refractivity (Wildman–Crippen MR) is 65.6 cm³/mol. The van der Waals surface area contributed by atoms with Crippen LogP contribution in [0.15, 0.2) is 54.6 Å². The fourth-order valence-corrected chi connectivity index (χ4v) is 2.30. The first-order valence-electron chi connectivity index (χ1n) is 5.72. The number of hydrogen-bond acceptors (Lipinski definition) is 2. The van der Waals surface area contributed by atoms with Gasteiger partial charge in [0, 0.05) is 12.7 Å². The lowest BCUT2D eigenvalue weighted by Gasteiger charge is -2.13. The van der Waals surface area contributed by atoms with E-state index in [1.807, 2.05) is 30.3 Å². The fourth-order valence-electron chi connectivity index (χ4n) is 2.30. The van der Waals surface area contributed by atoms with E-state index in [4.69, 9.17) is 9.47 Å². The smallest absolute Gasteiger partial charge is 0.185 e. The summed E-state index contributed by atoms with van der Waals surface area (Å²) in [5.41, 5.74) is 3.49. The van der Waals surface area contributed by atoms with Crippen molar-refractivity contribution in [3.05, 3.63) is 71.3 Å². The van der Waals surface area contributed by atoms with E-state index in [1.165, 1.54) is 11.1 Å². The van der Waals surface area contributed by atoms with Gasteiger partial charge in [-0.15, -0.1) is 0 Å². The van der Waals surface area contributed by atoms with Gasteiger partial charge in [0.15, 0.2) is 6.29 Å². The Bertz CT molecular complexity index is 507. The first-order valence-corrected chi connectivity index (χ1v) is 5.72. The standard InChI is InChI=1S/C15H14O2/c1-16-15-13-10-6-5-9-12(13)14(17-15)11-7-3-2-4-8-11/h2-10,14-15H,1H3/t14-,15-/m0/s1. The van der Waals surface area contributed by atoms with Gasteiger partial charge in [0.25, 0.3) is 0 Å². The molecule has 2 heteroatoms. The van der Waals surface area contributed by atoms with E-state index in [9.17, 15) is 0 Å². The van der Waals surface area contributed by atoms with E-state index >= 15 is 0 Å². The zero-order valence-corrected chi connectivity index (χ0v) is 9.67. The van der Waals surface area contributed by atoms with Crippen LogP contribution in [0.25, 0.3) is 0 Å². The van der Waals surface area contributed by atoms with Gasteiger partial charge in [0.05, 0.1) is 0 Å². The molecule has 0 unspecified atom stereocenters. The zero-order chi connectivity index (χ0) is 11.7. The molecule has 1 aliphatic heterocycles. The summed E-state index contributed by atoms with van der Waals surface area (Å²) in [5, 5.41) is 0. The van der Waals surface area contributed by atoms with Gasteiger partial charge in [-0.25, -0.2) is 0 Å². The van der Waals surface area contributed by atoms with Crippen LogP contribution in [0.2, 0.25) is 0 Å². The summed E-state index contributed by atoms with van der Waals surface area (Å²) in [7, 11) is 1.68. The van der Waals surface area contributed by atoms with Gasteiger partial charge < -0.3 is 9.47 Å². The SMILES string of the molecule is CO[C@H]1O[C@@H](c2ccccc2)c2ccccc21. The normalized spacial score (nSPS) is 22.4. The lowest BCUT2D eigenvalue weighted by molar-refractivity contribution is -0.132. The van der Waals surface area contributed by atoms with E-state index in [-0.39, 0.29) is 12.4 Å². The Kier molecular flexibility index (Phi) is 2.67. The number of benzene rings is 2. The van der Waals surface area contributed by atoms with Crippen LogP contribution < -0.4 is 0 Å². The highest BCUT2D eigenvalue weighted by Gasteiger charge is 2.32. The maximum absolute atomic E-state index is 5.94. The Morgan fingerprint density at radius 3 is 2.24 bits per heavy atom. The van der Waals surface area contributed by atoms with Crippen LogP contribution in [0.1, 0.15) is 29.1 Å². The van der Waals surface area contributed by atoms with E-state index < -0.39 is 0 Å². The van der Waals surface area contributed by atoms with Gasteiger partial charge in [0.1, 0.15) is 6.10 Å². The van der Waals surface area contributed by atoms with E-state index in [2.05, 4.69) is 24.3 Å². The Balaban J connectivity index is 2.05. The quantitative estimate of drug-likeness (QED) is 0.780. The summed E-state index contributed by atoms with van der Waals surface area (Å²) in [5.74, 6) is 0. The third-order valence-electron chi connectivity index (χ3n) is 3.11. The highest BCUT2D eigenvalue weighted by Crippen LogP contribution is 2.42. The van der Waals surface area contributed by atoms with Crippen molar-refractivity contribution < 1.29 is 9.47 Å². The van der Waals surface area contributed by atoms with Crippen molar-refractivity contribution in [2.45, 2.75) is 12.4 Å². The monoisotopic (exact) mass is 226 g/mol. The minimum Gasteiger partial charge on any atom is -0.352 e. The molecule has 86 valence electrons. The second kappa shape index (κ2) is 4.32. The van der Waals surface area contributed by atoms with Crippen molar-refractivity contribution >= 4 is 0 Å². The van der Waals surface area contributed by atoms with E-state index in [0.29, 0.717) is 0 Å². The second-order valence-electron chi connectivity index (χ2n) is 4.12. The molecule has 0 aromatic heterocycles. The topological polar surface area (TPSA) is 18.5 Å². The minimum atomic E-state index is -0.253. The predicted octanol–water partition coefficient (Wildman–Crippen LogP) is 3.45. The summed E-state index contributed by atoms with van der Waals surface area (Å²) in [6.45, 7) is 0. The molecule has 3 rings (SSSR count). The van der Waals surface area contributed by atoms with Gasteiger partial charge in [0.2, 0.25) is 0 Å². The summed E-state index contributed by atoms with van der Waals surface area (Å²) in [6, 6.07) is 18.5. The summed E-state index contributed by atoms with van der Waals surface area (Å²) in [6.07, 6.45) is -0.270. The van der Waals surface area contributed by atoms with E-state index in [1.54, 1.807) is 7.11 Å². The van der Waals surface area contributed by atoms with Crippen LogP contribution in [0.4, 0.5) is 0 Å². The van der Waals surface area contributed by atoms with Crippen molar-refractivity contribution in [3.8, 4) is 0 Å². The summed E-state index contributed by atoms with van der Waals surface area (Å²) < 4.78 is 11.3. The van der Waals surface area contributed by atoms with Crippen molar-refractivity contribution in [1.29, 1.82) is 0 Å². The van der Waals surface area contributed by atoms with Crippen molar-refractivity contribution in [1.82, 2.24) is 0 Å². The number of ether oxygens (including phenoxy) is 2. The highest BCUT2D eigenvalue weighted by atomic mass is 16.7. The van der Waals surface area contributed by atoms with Crippen LogP contribution in [0, 0.1) is 0 Å². The molecule has 0 fully saturated rings. The molecule has 0 saturated carbocycles. The van der Waals surface area contributed by atoms with Crippen LogP contribution in [0.5, 0.6) is 0 Å². The lowest BCUT2D eigenvalue weighted by Crippen LogP contribution is -2.01. The molecule has 2 aromatic carbocycles. The molecule has 0 saturated heterocycles. The Hall–Kier alpha value is -1.64. The third-order valence-corrected chi connectivity index (χ3v) is 3.11. The molecule has 0 aliphatic carbocycles. The largest absolute Gasteiger partial charge is 0.352 e. The van der Waals surface area contributed by atoms with Crippen molar-refractivity contribution in [2.24, 2.45) is 0 Å². The molecule has 0 amide bonds. The van der Waals surface area contributed by atoms with Crippen LogP contribution in [-0.2, 0) is 9.47 Å². The Morgan fingerprint density at radius 1 is 0.882 bits per heavy atom. The Labute approximate surface area is 101 Å². The first kappa shape index (κ1) is 10.5. The summed E-state index contributed by atoms with van der Waals surface area (Å²) >= 11 is 0. The molecule has 2 nitrogen and oxygen atoms in total. The molecule has 0 radical (unpaired) electrons. The van der Waals surface area contributed by atoms with Crippen LogP contribution >= 0.6 is 0 Å². The third kappa shape index (κ3) is 1.75. The van der Waals surface area contributed by atoms with Crippen LogP contribution in [-0.4, -0.2) is 7.11 Å². The average Bonchev–Trinajstić information content (AvgIpc) is 2.78. The highest BCUT2D eigenvalue weighted by molar-refractivity contribution is 5.39. The van der Waals surface area contributed by atoms with Crippen molar-refractivity contribution in [3.63, 3.8) is 0 Å². The molecule has 17 heavy (non-hydrogen) atoms. The molecular formula is C15H14O2. The average molecular weight is 226 g/mol. The van der Waals surface area contributed by atoms with Gasteiger partial charge in [-0.1, -0.05) is 54.6 Å². The van der Waals surface area contributed by atoms with E-state index in [0.717, 1.165) is 5.56 Å². The molecule has 0 N–H and O–H groups in total. The number of fused-ring (bicyclic) bond motifs is 1. The zero-order valence-electron chi connectivity index (χ0n) is 9.67. The number of methoxy groups -OCH3 is 1. The fraction of sp³-hybridized carbons (Fsp3) is 0.200. The minimum absolute atomic E-state index is 0.0163. The summed E-state index contributed by atoms with van der Waals surface area (Å²) in [4.78, 5) is 0. The maximum Gasteiger partial charge on any atom is 0.185 e. The van der Waals surface area contributed by atoms with Gasteiger partial charge in [-0.2, -0.15) is 0 Å². The Morgan fingerprint density at radius 2 is 1.53 bits per heavy atom. The molecular weight excluding hydrogens is 212 g/mol. The van der Waals surface area contributed by atoms with Crippen molar-refractivity contribution in [2.75, 3.05) is 7.11 Å². The molecule has 0 bridgehead atoms. The first-order chi connectivity index (χ1) is 8.40. The van der Waals surface area contributed by atoms with Crippen LogP contribution in [0.3, 0.4) is 0 Å². The maximum atomic E-state index is 5.94. The molecule has 1 aliphatic rings. The van der Waals surface area contributed by atoms with Gasteiger partial charge >= 0.3 is 0 Å². The lowest BCUT2D eigenvalue weighted by atomic mass is 9.99. The molecule has 1 heterocycles. The van der Waals surface area contributed by atoms with Gasteiger partial charge in [-0.05, 0) is 11.1 Å². The molecule has 2 aromatic rings. The number of hydrogen-bond donors (Lipinski definition) is 0.